The number of carboxylic acid groups (broad SMARTS) is 1. The van der Waals surface area contributed by atoms with Gasteiger partial charge in [0.1, 0.15) is 5.56 Å². The molecular formula is C7H3BrClF2NO2. The van der Waals surface area contributed by atoms with Crippen molar-refractivity contribution in [2.24, 2.45) is 0 Å². The molecule has 0 saturated carbocycles. The Balaban J connectivity index is 3.68. The zero-order chi connectivity index (χ0) is 11.0. The maximum atomic E-state index is 13.0. The van der Waals surface area contributed by atoms with E-state index in [1.165, 1.54) is 0 Å². The van der Waals surface area contributed by atoms with Gasteiger partial charge in [-0.15, -0.1) is 0 Å². The van der Waals surface area contributed by atoms with Gasteiger partial charge in [-0.2, -0.15) is 0 Å². The summed E-state index contributed by atoms with van der Waals surface area (Å²) >= 11 is 8.11. The summed E-state index contributed by atoms with van der Waals surface area (Å²) in [7, 11) is 0. The average molecular weight is 286 g/mol. The van der Waals surface area contributed by atoms with Crippen molar-refractivity contribution >= 4 is 39.2 Å². The van der Waals surface area contributed by atoms with Crippen LogP contribution in [-0.4, -0.2) is 11.1 Å². The fourth-order valence-electron chi connectivity index (χ4n) is 0.858. The molecule has 0 unspecified atom stereocenters. The summed E-state index contributed by atoms with van der Waals surface area (Å²) in [5, 5.41) is 8.17. The van der Waals surface area contributed by atoms with Gasteiger partial charge in [-0.3, -0.25) is 0 Å². The molecule has 0 atom stereocenters. The minimum Gasteiger partial charge on any atom is -0.478 e. The number of nitrogens with two attached hydrogens (primary N) is 1. The van der Waals surface area contributed by atoms with Crippen LogP contribution in [0.1, 0.15) is 10.4 Å². The molecule has 0 aromatic heterocycles. The lowest BCUT2D eigenvalue weighted by Gasteiger charge is -2.07. The van der Waals surface area contributed by atoms with Gasteiger partial charge in [0, 0.05) is 0 Å². The molecule has 0 radical (unpaired) electrons. The highest BCUT2D eigenvalue weighted by molar-refractivity contribution is 9.10. The van der Waals surface area contributed by atoms with Gasteiger partial charge < -0.3 is 10.8 Å². The summed E-state index contributed by atoms with van der Waals surface area (Å²) in [6.45, 7) is 0. The van der Waals surface area contributed by atoms with Gasteiger partial charge in [0.05, 0.1) is 15.2 Å². The molecule has 14 heavy (non-hydrogen) atoms. The van der Waals surface area contributed by atoms with E-state index in [0.717, 1.165) is 0 Å². The number of anilines is 1. The standard InChI is InChI=1S/C7H3BrClF2NO2/c8-2-3(9)6(12)1(7(13)14)4(10)5(2)11/h12H2,(H,13,14). The van der Waals surface area contributed by atoms with Gasteiger partial charge >= 0.3 is 5.97 Å². The van der Waals surface area contributed by atoms with E-state index >= 15 is 0 Å². The van der Waals surface area contributed by atoms with E-state index in [1.807, 2.05) is 0 Å². The molecule has 0 heterocycles. The molecule has 1 aromatic carbocycles. The van der Waals surface area contributed by atoms with E-state index in [4.69, 9.17) is 22.4 Å². The molecule has 0 amide bonds. The summed E-state index contributed by atoms with van der Waals surface area (Å²) in [6.07, 6.45) is 0. The highest BCUT2D eigenvalue weighted by Crippen LogP contribution is 2.35. The quantitative estimate of drug-likeness (QED) is 0.474. The molecule has 0 bridgehead atoms. The third-order valence-electron chi connectivity index (χ3n) is 1.52. The lowest BCUT2D eigenvalue weighted by atomic mass is 10.1. The van der Waals surface area contributed by atoms with Crippen LogP contribution in [0, 0.1) is 11.6 Å². The van der Waals surface area contributed by atoms with Crippen molar-refractivity contribution in [1.29, 1.82) is 0 Å². The van der Waals surface area contributed by atoms with Crippen LogP contribution in [0.15, 0.2) is 4.47 Å². The summed E-state index contributed by atoms with van der Waals surface area (Å²) in [5.74, 6) is -4.58. The Morgan fingerprint density at radius 2 is 1.93 bits per heavy atom. The van der Waals surface area contributed by atoms with E-state index in [2.05, 4.69) is 15.9 Å². The SMILES string of the molecule is Nc1c(Cl)c(Br)c(F)c(F)c1C(=O)O. The normalized spacial score (nSPS) is 10.3. The monoisotopic (exact) mass is 285 g/mol. The molecule has 3 nitrogen and oxygen atoms in total. The van der Waals surface area contributed by atoms with Crippen LogP contribution in [0.4, 0.5) is 14.5 Å². The molecule has 7 heteroatoms. The van der Waals surface area contributed by atoms with Crippen molar-refractivity contribution in [3.8, 4) is 0 Å². The van der Waals surface area contributed by atoms with Crippen LogP contribution in [-0.2, 0) is 0 Å². The number of carboxylic acids is 1. The zero-order valence-electron chi connectivity index (χ0n) is 6.44. The molecule has 0 saturated heterocycles. The predicted octanol–water partition coefficient (Wildman–Crippen LogP) is 2.66. The van der Waals surface area contributed by atoms with Crippen molar-refractivity contribution in [2.45, 2.75) is 0 Å². The van der Waals surface area contributed by atoms with E-state index in [9.17, 15) is 13.6 Å². The second kappa shape index (κ2) is 3.70. The smallest absolute Gasteiger partial charge is 0.340 e. The molecule has 0 aliphatic rings. The summed E-state index contributed by atoms with van der Waals surface area (Å²) in [5.41, 5.74) is 3.73. The van der Waals surface area contributed by atoms with Gasteiger partial charge in [0.25, 0.3) is 0 Å². The van der Waals surface area contributed by atoms with Crippen LogP contribution in [0.2, 0.25) is 5.02 Å². The Morgan fingerprint density at radius 3 is 2.36 bits per heavy atom. The number of carbonyl (C=O) groups is 1. The van der Waals surface area contributed by atoms with Crippen LogP contribution in [0.3, 0.4) is 0 Å². The number of nitrogen functional groups attached to an aromatic ring is 1. The number of halogens is 4. The molecule has 0 aliphatic heterocycles. The van der Waals surface area contributed by atoms with E-state index in [0.29, 0.717) is 0 Å². The van der Waals surface area contributed by atoms with Crippen molar-refractivity contribution in [3.63, 3.8) is 0 Å². The van der Waals surface area contributed by atoms with Gasteiger partial charge in [0.15, 0.2) is 11.6 Å². The molecule has 0 fully saturated rings. The topological polar surface area (TPSA) is 63.3 Å². The van der Waals surface area contributed by atoms with E-state index in [1.54, 1.807) is 0 Å². The number of rotatable bonds is 1. The maximum Gasteiger partial charge on any atom is 0.340 e. The second-order valence-electron chi connectivity index (χ2n) is 2.35. The molecule has 76 valence electrons. The molecule has 3 N–H and O–H groups in total. The van der Waals surface area contributed by atoms with Crippen LogP contribution < -0.4 is 5.73 Å². The maximum absolute atomic E-state index is 13.0. The van der Waals surface area contributed by atoms with Crippen LogP contribution in [0.5, 0.6) is 0 Å². The van der Waals surface area contributed by atoms with Crippen LogP contribution in [0.25, 0.3) is 0 Å². The Morgan fingerprint density at radius 1 is 1.43 bits per heavy atom. The Bertz CT molecular complexity index is 396. The predicted molar refractivity (Wildman–Crippen MR) is 50.4 cm³/mol. The van der Waals surface area contributed by atoms with Gasteiger partial charge in [-0.05, 0) is 15.9 Å². The number of hydrogen-bond donors (Lipinski definition) is 2. The number of aromatic carboxylic acids is 1. The van der Waals surface area contributed by atoms with E-state index in [-0.39, 0.29) is 9.50 Å². The highest BCUT2D eigenvalue weighted by atomic mass is 79.9. The number of hydrogen-bond acceptors (Lipinski definition) is 2. The van der Waals surface area contributed by atoms with E-state index < -0.39 is 28.9 Å². The molecule has 0 aliphatic carbocycles. The van der Waals surface area contributed by atoms with Crippen molar-refractivity contribution in [1.82, 2.24) is 0 Å². The third-order valence-corrected chi connectivity index (χ3v) is 2.88. The average Bonchev–Trinajstić information content (AvgIpc) is 2.11. The fraction of sp³-hybridized carbons (Fsp3) is 0. The molecule has 0 spiro atoms. The summed E-state index contributed by atoms with van der Waals surface area (Å²) in [6, 6.07) is 0. The third kappa shape index (κ3) is 1.55. The molecule has 1 rings (SSSR count). The zero-order valence-corrected chi connectivity index (χ0v) is 8.79. The first-order valence-electron chi connectivity index (χ1n) is 3.22. The number of benzene rings is 1. The summed E-state index contributed by atoms with van der Waals surface area (Å²) < 4.78 is 25.6. The Hall–Kier alpha value is -0.880. The highest BCUT2D eigenvalue weighted by Gasteiger charge is 2.24. The minimum atomic E-state index is -1.67. The van der Waals surface area contributed by atoms with Gasteiger partial charge in [-0.1, -0.05) is 11.6 Å². The molecule has 1 aromatic rings. The first-order chi connectivity index (χ1) is 6.37. The Labute approximate surface area is 90.6 Å². The molecular weight excluding hydrogens is 283 g/mol. The van der Waals surface area contributed by atoms with Crippen molar-refractivity contribution in [2.75, 3.05) is 5.73 Å². The lowest BCUT2D eigenvalue weighted by molar-refractivity contribution is 0.0692. The fourth-order valence-corrected chi connectivity index (χ4v) is 1.42. The largest absolute Gasteiger partial charge is 0.478 e. The lowest BCUT2D eigenvalue weighted by Crippen LogP contribution is -2.09. The summed E-state index contributed by atoms with van der Waals surface area (Å²) in [4.78, 5) is 10.5. The Kier molecular flexibility index (Phi) is 2.96. The minimum absolute atomic E-state index is 0.360. The van der Waals surface area contributed by atoms with Crippen molar-refractivity contribution < 1.29 is 18.7 Å². The first-order valence-corrected chi connectivity index (χ1v) is 4.39. The van der Waals surface area contributed by atoms with Gasteiger partial charge in [-0.25, -0.2) is 13.6 Å². The van der Waals surface area contributed by atoms with Gasteiger partial charge in [0.2, 0.25) is 0 Å². The van der Waals surface area contributed by atoms with Crippen molar-refractivity contribution in [3.05, 3.63) is 26.7 Å². The second-order valence-corrected chi connectivity index (χ2v) is 3.52. The van der Waals surface area contributed by atoms with Crippen LogP contribution >= 0.6 is 27.5 Å². The first kappa shape index (κ1) is 11.2.